The van der Waals surface area contributed by atoms with Gasteiger partial charge >= 0.3 is 0 Å². The molecule has 2 fully saturated rings. The number of carbonyl (C=O) groups is 2. The zero-order valence-corrected chi connectivity index (χ0v) is 18.8. The van der Waals surface area contributed by atoms with E-state index < -0.39 is 0 Å². The minimum absolute atomic E-state index is 0.0117. The minimum Gasteiger partial charge on any atom is -0.436 e. The van der Waals surface area contributed by atoms with Crippen molar-refractivity contribution in [2.45, 2.75) is 57.2 Å². The molecular formula is C26H29N3O4. The summed E-state index contributed by atoms with van der Waals surface area (Å²) >= 11 is 0. The van der Waals surface area contributed by atoms with E-state index in [0.717, 1.165) is 48.8 Å². The van der Waals surface area contributed by atoms with Crippen LogP contribution >= 0.6 is 0 Å². The molecule has 7 heteroatoms. The number of aromatic nitrogens is 1. The second-order valence-corrected chi connectivity index (χ2v) is 8.83. The third kappa shape index (κ3) is 4.50. The first-order valence-electron chi connectivity index (χ1n) is 11.8. The molecule has 1 saturated carbocycles. The van der Waals surface area contributed by atoms with Crippen molar-refractivity contribution in [3.63, 3.8) is 0 Å². The van der Waals surface area contributed by atoms with Crippen LogP contribution in [-0.2, 0) is 9.53 Å². The molecule has 1 aliphatic carbocycles. The number of nitrogens with one attached hydrogen (secondary N) is 1. The van der Waals surface area contributed by atoms with E-state index in [-0.39, 0.29) is 30.0 Å². The van der Waals surface area contributed by atoms with Gasteiger partial charge in [0.05, 0.1) is 0 Å². The number of carbonyl (C=O) groups excluding carboxylic acids is 2. The van der Waals surface area contributed by atoms with Crippen LogP contribution in [0.3, 0.4) is 0 Å². The molecule has 172 valence electrons. The highest BCUT2D eigenvalue weighted by Crippen LogP contribution is 2.28. The van der Waals surface area contributed by atoms with E-state index >= 15 is 0 Å². The molecule has 5 rings (SSSR count). The van der Waals surface area contributed by atoms with Crippen molar-refractivity contribution in [2.75, 3.05) is 13.2 Å². The Morgan fingerprint density at radius 1 is 1.09 bits per heavy atom. The quantitative estimate of drug-likeness (QED) is 0.613. The zero-order valence-electron chi connectivity index (χ0n) is 18.8. The molecule has 1 saturated heterocycles. The van der Waals surface area contributed by atoms with Gasteiger partial charge in [0.2, 0.25) is 11.8 Å². The van der Waals surface area contributed by atoms with Crippen LogP contribution in [0, 0.1) is 0 Å². The molecule has 2 heterocycles. The normalized spacial score (nSPS) is 22.5. The number of fused-ring (bicyclic) bond motifs is 1. The molecule has 0 radical (unpaired) electrons. The smallest absolute Gasteiger partial charge is 0.254 e. The summed E-state index contributed by atoms with van der Waals surface area (Å²) < 4.78 is 11.3. The van der Waals surface area contributed by atoms with Gasteiger partial charge in [-0.15, -0.1) is 0 Å². The van der Waals surface area contributed by atoms with Crippen LogP contribution in [0.4, 0.5) is 0 Å². The van der Waals surface area contributed by atoms with E-state index in [1.807, 2.05) is 60.4 Å². The Morgan fingerprint density at radius 2 is 1.91 bits per heavy atom. The van der Waals surface area contributed by atoms with Crippen molar-refractivity contribution in [1.82, 2.24) is 15.2 Å². The maximum atomic E-state index is 13.3. The van der Waals surface area contributed by atoms with Crippen LogP contribution in [0.2, 0.25) is 0 Å². The summed E-state index contributed by atoms with van der Waals surface area (Å²) in [6.07, 6.45) is 3.96. The van der Waals surface area contributed by atoms with Gasteiger partial charge in [-0.1, -0.05) is 12.1 Å². The lowest BCUT2D eigenvalue weighted by Crippen LogP contribution is -2.43. The number of hydrogen-bond acceptors (Lipinski definition) is 5. The monoisotopic (exact) mass is 447 g/mol. The van der Waals surface area contributed by atoms with Gasteiger partial charge in [0, 0.05) is 36.4 Å². The Bertz CT molecular complexity index is 1100. The van der Waals surface area contributed by atoms with Gasteiger partial charge in [0.1, 0.15) is 11.6 Å². The first kappa shape index (κ1) is 21.6. The highest BCUT2D eigenvalue weighted by Gasteiger charge is 2.34. The number of nitrogens with zero attached hydrogens (tertiary/aromatic N) is 2. The van der Waals surface area contributed by atoms with Crippen molar-refractivity contribution >= 4 is 22.9 Å². The fourth-order valence-corrected chi connectivity index (χ4v) is 4.93. The van der Waals surface area contributed by atoms with Crippen molar-refractivity contribution < 1.29 is 18.7 Å². The molecule has 33 heavy (non-hydrogen) atoms. The SMILES string of the molecule is CCN(C(=O)c1ccc(-c2nc3ccccc3o2)cc1)C1CCC(NC(=O)C2CCCO2)C1. The van der Waals surface area contributed by atoms with Gasteiger partial charge in [0.25, 0.3) is 5.91 Å². The standard InChI is InChI=1S/C26H29N3O4/c1-2-29(20-14-13-19(16-20)27-24(30)23-8-5-15-32-23)26(31)18-11-9-17(10-12-18)25-28-21-6-3-4-7-22(21)33-25/h3-4,6-7,9-12,19-20,23H,2,5,8,13-16H2,1H3,(H,27,30). The average Bonchev–Trinajstić information content (AvgIpc) is 3.60. The number of amides is 2. The molecule has 1 aromatic heterocycles. The maximum absolute atomic E-state index is 13.3. The number of para-hydroxylation sites is 2. The summed E-state index contributed by atoms with van der Waals surface area (Å²) in [5.41, 5.74) is 3.03. The molecule has 2 aliphatic rings. The minimum atomic E-state index is -0.312. The number of benzene rings is 2. The summed E-state index contributed by atoms with van der Waals surface area (Å²) in [5, 5.41) is 3.13. The Hall–Kier alpha value is -3.19. The zero-order chi connectivity index (χ0) is 22.8. The lowest BCUT2D eigenvalue weighted by molar-refractivity contribution is -0.130. The molecule has 3 unspecified atom stereocenters. The van der Waals surface area contributed by atoms with E-state index in [0.29, 0.717) is 24.6 Å². The van der Waals surface area contributed by atoms with Crippen LogP contribution in [-0.4, -0.2) is 53.0 Å². The first-order valence-corrected chi connectivity index (χ1v) is 11.8. The molecule has 0 spiro atoms. The van der Waals surface area contributed by atoms with Crippen LogP contribution in [0.15, 0.2) is 52.9 Å². The summed E-state index contributed by atoms with van der Waals surface area (Å²) in [6.45, 7) is 3.29. The van der Waals surface area contributed by atoms with Crippen LogP contribution in [0.1, 0.15) is 49.4 Å². The number of oxazole rings is 1. The second kappa shape index (κ2) is 9.35. The topological polar surface area (TPSA) is 84.7 Å². The Balaban J connectivity index is 1.23. The number of hydrogen-bond donors (Lipinski definition) is 1. The van der Waals surface area contributed by atoms with Gasteiger partial charge in [0.15, 0.2) is 5.58 Å². The Labute approximate surface area is 193 Å². The van der Waals surface area contributed by atoms with Crippen molar-refractivity contribution in [3.8, 4) is 11.5 Å². The van der Waals surface area contributed by atoms with Gasteiger partial charge in [-0.05, 0) is 75.4 Å². The Morgan fingerprint density at radius 3 is 2.64 bits per heavy atom. The van der Waals surface area contributed by atoms with Crippen molar-refractivity contribution in [1.29, 1.82) is 0 Å². The molecule has 1 aliphatic heterocycles. The number of rotatable bonds is 6. The molecule has 1 N–H and O–H groups in total. The van der Waals surface area contributed by atoms with Crippen LogP contribution < -0.4 is 5.32 Å². The number of ether oxygens (including phenoxy) is 1. The van der Waals surface area contributed by atoms with Gasteiger partial charge in [-0.25, -0.2) is 4.98 Å². The van der Waals surface area contributed by atoms with Crippen molar-refractivity contribution in [2.24, 2.45) is 0 Å². The van der Waals surface area contributed by atoms with Crippen molar-refractivity contribution in [3.05, 3.63) is 54.1 Å². The predicted octanol–water partition coefficient (Wildman–Crippen LogP) is 4.17. The average molecular weight is 448 g/mol. The molecular weight excluding hydrogens is 418 g/mol. The molecule has 7 nitrogen and oxygen atoms in total. The lowest BCUT2D eigenvalue weighted by Gasteiger charge is -2.28. The van der Waals surface area contributed by atoms with E-state index in [1.54, 1.807) is 0 Å². The first-order chi connectivity index (χ1) is 16.1. The Kier molecular flexibility index (Phi) is 6.13. The van der Waals surface area contributed by atoms with Crippen LogP contribution in [0.5, 0.6) is 0 Å². The molecule has 2 amide bonds. The molecule has 2 aromatic carbocycles. The van der Waals surface area contributed by atoms with Gasteiger partial charge in [-0.2, -0.15) is 0 Å². The highest BCUT2D eigenvalue weighted by molar-refractivity contribution is 5.95. The summed E-state index contributed by atoms with van der Waals surface area (Å²) in [7, 11) is 0. The van der Waals surface area contributed by atoms with Gasteiger partial charge < -0.3 is 19.4 Å². The largest absolute Gasteiger partial charge is 0.436 e. The molecule has 3 aromatic rings. The highest BCUT2D eigenvalue weighted by atomic mass is 16.5. The predicted molar refractivity (Wildman–Crippen MR) is 125 cm³/mol. The third-order valence-electron chi connectivity index (χ3n) is 6.69. The van der Waals surface area contributed by atoms with E-state index in [9.17, 15) is 9.59 Å². The molecule has 0 bridgehead atoms. The summed E-state index contributed by atoms with van der Waals surface area (Å²) in [4.78, 5) is 32.1. The van der Waals surface area contributed by atoms with E-state index in [4.69, 9.17) is 9.15 Å². The van der Waals surface area contributed by atoms with E-state index in [1.165, 1.54) is 0 Å². The van der Waals surface area contributed by atoms with E-state index in [2.05, 4.69) is 10.3 Å². The maximum Gasteiger partial charge on any atom is 0.254 e. The summed E-state index contributed by atoms with van der Waals surface area (Å²) in [5.74, 6) is 0.545. The third-order valence-corrected chi connectivity index (χ3v) is 6.69. The fraction of sp³-hybridized carbons (Fsp3) is 0.423. The van der Waals surface area contributed by atoms with Gasteiger partial charge in [-0.3, -0.25) is 9.59 Å². The second-order valence-electron chi connectivity index (χ2n) is 8.83. The lowest BCUT2D eigenvalue weighted by atomic mass is 10.1. The van der Waals surface area contributed by atoms with Crippen LogP contribution in [0.25, 0.3) is 22.6 Å². The fourth-order valence-electron chi connectivity index (χ4n) is 4.93. The molecule has 3 atom stereocenters. The summed E-state index contributed by atoms with van der Waals surface area (Å²) in [6, 6.07) is 15.3.